The first-order valence-electron chi connectivity index (χ1n) is 12.7. The molecular formula is C31H26F3N3O5. The molecule has 11 heteroatoms. The number of aliphatic carboxylic acids is 1. The van der Waals surface area contributed by atoms with E-state index in [2.05, 4.69) is 10.3 Å². The summed E-state index contributed by atoms with van der Waals surface area (Å²) in [7, 11) is 0. The molecule has 8 nitrogen and oxygen atoms in total. The summed E-state index contributed by atoms with van der Waals surface area (Å²) in [5.74, 6) is -1.89. The molecule has 3 aromatic carbocycles. The Morgan fingerprint density at radius 1 is 1.00 bits per heavy atom. The van der Waals surface area contributed by atoms with E-state index in [1.165, 1.54) is 18.5 Å². The van der Waals surface area contributed by atoms with Crippen molar-refractivity contribution in [3.8, 4) is 28.7 Å². The molecule has 0 spiro atoms. The van der Waals surface area contributed by atoms with Gasteiger partial charge in [-0.25, -0.2) is 13.2 Å². The third-order valence-electron chi connectivity index (χ3n) is 6.40. The van der Waals surface area contributed by atoms with Crippen LogP contribution in [0.15, 0.2) is 73.1 Å². The van der Waals surface area contributed by atoms with Crippen LogP contribution >= 0.6 is 0 Å². The lowest BCUT2D eigenvalue weighted by atomic mass is 9.96. The number of hydrogen-bond acceptors (Lipinski definition) is 7. The van der Waals surface area contributed by atoms with Gasteiger partial charge in [0.1, 0.15) is 55.1 Å². The van der Waals surface area contributed by atoms with Crippen LogP contribution in [0.25, 0.3) is 11.1 Å². The maximum atomic E-state index is 14.4. The summed E-state index contributed by atoms with van der Waals surface area (Å²) in [4.78, 5) is 15.3. The van der Waals surface area contributed by atoms with E-state index in [1.807, 2.05) is 6.07 Å². The number of halogens is 3. The average Bonchev–Trinajstić information content (AvgIpc) is 3.00. The number of carboxylic acids is 1. The van der Waals surface area contributed by atoms with Crippen molar-refractivity contribution in [2.45, 2.75) is 32.5 Å². The lowest BCUT2D eigenvalue weighted by Crippen LogP contribution is -2.39. The van der Waals surface area contributed by atoms with Crippen LogP contribution in [0.5, 0.6) is 11.5 Å². The second-order valence-electron chi connectivity index (χ2n) is 9.20. The standard InChI is InChI=1S/C31H26F3N3O5/c32-11-27-22(2-1-3-25(27)26-9-23(33)5-7-28(26)34)18-41-24-6-4-21(15-37-29(16-38)31(39)40)30(10-24)42-17-20-8-19(12-35)13-36-14-20/h1-10,13-14,29,37-38H,11,15-18H2,(H,39,40)/t29-/m0/s1. The monoisotopic (exact) mass is 577 g/mol. The number of aliphatic hydroxyl groups excluding tert-OH is 1. The highest BCUT2D eigenvalue weighted by atomic mass is 19.1. The number of alkyl halides is 1. The summed E-state index contributed by atoms with van der Waals surface area (Å²) in [6.07, 6.45) is 2.95. The van der Waals surface area contributed by atoms with Crippen molar-refractivity contribution >= 4 is 5.97 Å². The summed E-state index contributed by atoms with van der Waals surface area (Å²) in [5.41, 5.74) is 2.27. The van der Waals surface area contributed by atoms with E-state index in [4.69, 9.17) is 14.7 Å². The zero-order valence-electron chi connectivity index (χ0n) is 22.2. The van der Waals surface area contributed by atoms with Crippen LogP contribution in [-0.4, -0.2) is 33.8 Å². The number of carboxylic acid groups (broad SMARTS) is 1. The minimum Gasteiger partial charge on any atom is -0.489 e. The minimum absolute atomic E-state index is 0.0363. The first-order chi connectivity index (χ1) is 20.3. The van der Waals surface area contributed by atoms with E-state index < -0.39 is 36.9 Å². The second kappa shape index (κ2) is 14.1. The number of benzene rings is 3. The highest BCUT2D eigenvalue weighted by Crippen LogP contribution is 2.32. The summed E-state index contributed by atoms with van der Waals surface area (Å²) in [5, 5.41) is 30.4. The molecular weight excluding hydrogens is 551 g/mol. The number of nitrogens with one attached hydrogen (secondary N) is 1. The van der Waals surface area contributed by atoms with Gasteiger partial charge in [0.15, 0.2) is 0 Å². The molecule has 4 rings (SSSR count). The van der Waals surface area contributed by atoms with Crippen molar-refractivity contribution in [3.05, 3.63) is 113 Å². The minimum atomic E-state index is -1.22. The molecule has 0 saturated carbocycles. The quantitative estimate of drug-likeness (QED) is 0.201. The predicted octanol–water partition coefficient (Wildman–Crippen LogP) is 5.06. The smallest absolute Gasteiger partial charge is 0.323 e. The first kappa shape index (κ1) is 30.0. The van der Waals surface area contributed by atoms with E-state index >= 15 is 0 Å². The fourth-order valence-corrected chi connectivity index (χ4v) is 4.20. The Hall–Kier alpha value is -4.92. The van der Waals surface area contributed by atoms with Crippen LogP contribution in [-0.2, 0) is 31.2 Å². The lowest BCUT2D eigenvalue weighted by Gasteiger charge is -2.17. The molecule has 0 aliphatic rings. The Morgan fingerprint density at radius 3 is 2.57 bits per heavy atom. The average molecular weight is 578 g/mol. The van der Waals surface area contributed by atoms with Crippen molar-refractivity contribution in [1.82, 2.24) is 10.3 Å². The second-order valence-corrected chi connectivity index (χ2v) is 9.20. The number of nitrogens with zero attached hydrogens (tertiary/aromatic N) is 2. The van der Waals surface area contributed by atoms with Gasteiger partial charge in [0.05, 0.1) is 12.2 Å². The summed E-state index contributed by atoms with van der Waals surface area (Å²) >= 11 is 0. The maximum Gasteiger partial charge on any atom is 0.323 e. The molecule has 0 radical (unpaired) electrons. The van der Waals surface area contributed by atoms with Gasteiger partial charge in [-0.15, -0.1) is 0 Å². The number of pyridine rings is 1. The molecule has 0 amide bonds. The molecule has 1 atom stereocenters. The van der Waals surface area contributed by atoms with E-state index in [-0.39, 0.29) is 36.4 Å². The Kier molecular flexibility index (Phi) is 10.1. The normalized spacial score (nSPS) is 11.5. The van der Waals surface area contributed by atoms with Crippen LogP contribution < -0.4 is 14.8 Å². The van der Waals surface area contributed by atoms with Gasteiger partial charge < -0.3 is 19.7 Å². The zero-order valence-corrected chi connectivity index (χ0v) is 22.2. The van der Waals surface area contributed by atoms with Gasteiger partial charge in [0.2, 0.25) is 0 Å². The van der Waals surface area contributed by atoms with Gasteiger partial charge >= 0.3 is 5.97 Å². The Balaban J connectivity index is 1.58. The van der Waals surface area contributed by atoms with Gasteiger partial charge in [-0.1, -0.05) is 24.3 Å². The van der Waals surface area contributed by atoms with Gasteiger partial charge in [-0.05, 0) is 47.0 Å². The van der Waals surface area contributed by atoms with Crippen molar-refractivity contribution < 1.29 is 37.7 Å². The molecule has 1 aromatic heterocycles. The third-order valence-corrected chi connectivity index (χ3v) is 6.40. The number of ether oxygens (including phenoxy) is 2. The molecule has 0 bridgehead atoms. The largest absolute Gasteiger partial charge is 0.489 e. The van der Waals surface area contributed by atoms with Crippen LogP contribution in [0.1, 0.15) is 27.8 Å². The Labute approximate surface area is 239 Å². The number of hydrogen-bond donors (Lipinski definition) is 3. The first-order valence-corrected chi connectivity index (χ1v) is 12.7. The number of rotatable bonds is 13. The van der Waals surface area contributed by atoms with E-state index in [9.17, 15) is 28.2 Å². The fraction of sp³-hybridized carbons (Fsp3) is 0.194. The van der Waals surface area contributed by atoms with Crippen LogP contribution in [0, 0.1) is 23.0 Å². The van der Waals surface area contributed by atoms with E-state index in [1.54, 1.807) is 36.4 Å². The molecule has 0 saturated heterocycles. The Morgan fingerprint density at radius 2 is 1.83 bits per heavy atom. The summed E-state index contributed by atoms with van der Waals surface area (Å²) in [6, 6.07) is 15.0. The third kappa shape index (κ3) is 7.42. The van der Waals surface area contributed by atoms with Gasteiger partial charge in [-0.3, -0.25) is 15.1 Å². The van der Waals surface area contributed by atoms with Crippen LogP contribution in [0.4, 0.5) is 13.2 Å². The molecule has 1 heterocycles. The SMILES string of the molecule is N#Cc1cncc(COc2cc(OCc3cccc(-c4cc(F)ccc4F)c3CF)ccc2CN[C@@H](CO)C(=O)O)c1. The van der Waals surface area contributed by atoms with Gasteiger partial charge in [0, 0.05) is 41.7 Å². The molecule has 0 unspecified atom stereocenters. The Bertz CT molecular complexity index is 1610. The highest BCUT2D eigenvalue weighted by molar-refractivity contribution is 5.73. The number of aromatic nitrogens is 1. The lowest BCUT2D eigenvalue weighted by molar-refractivity contribution is -0.140. The fourth-order valence-electron chi connectivity index (χ4n) is 4.20. The van der Waals surface area contributed by atoms with E-state index in [0.29, 0.717) is 33.8 Å². The van der Waals surface area contributed by atoms with Crippen LogP contribution in [0.2, 0.25) is 0 Å². The molecule has 4 aromatic rings. The van der Waals surface area contributed by atoms with Gasteiger partial charge in [0.25, 0.3) is 0 Å². The summed E-state index contributed by atoms with van der Waals surface area (Å²) < 4.78 is 54.3. The van der Waals surface area contributed by atoms with Gasteiger partial charge in [-0.2, -0.15) is 5.26 Å². The highest BCUT2D eigenvalue weighted by Gasteiger charge is 2.18. The maximum absolute atomic E-state index is 14.4. The van der Waals surface area contributed by atoms with Crippen molar-refractivity contribution in [2.75, 3.05) is 6.61 Å². The molecule has 0 aliphatic carbocycles. The van der Waals surface area contributed by atoms with Crippen molar-refractivity contribution in [2.24, 2.45) is 0 Å². The zero-order chi connectivity index (χ0) is 30.1. The van der Waals surface area contributed by atoms with Crippen molar-refractivity contribution in [3.63, 3.8) is 0 Å². The molecule has 0 aliphatic heterocycles. The van der Waals surface area contributed by atoms with E-state index in [0.717, 1.165) is 18.2 Å². The summed E-state index contributed by atoms with van der Waals surface area (Å²) in [6.45, 7) is -1.57. The number of nitriles is 1. The topological polar surface area (TPSA) is 125 Å². The van der Waals surface area contributed by atoms with Crippen LogP contribution in [0.3, 0.4) is 0 Å². The molecule has 216 valence electrons. The molecule has 3 N–H and O–H groups in total. The molecule has 0 fully saturated rings. The van der Waals surface area contributed by atoms with Crippen molar-refractivity contribution in [1.29, 1.82) is 5.26 Å². The number of aliphatic hydroxyl groups is 1. The number of carbonyl (C=O) groups is 1. The predicted molar refractivity (Wildman–Crippen MR) is 146 cm³/mol. The molecule has 42 heavy (non-hydrogen) atoms.